The number of aliphatic carboxylic acids is 1. The molecule has 1 N–H and O–H groups in total. The summed E-state index contributed by atoms with van der Waals surface area (Å²) >= 11 is 0. The van der Waals surface area contributed by atoms with E-state index >= 15 is 0 Å². The van der Waals surface area contributed by atoms with Gasteiger partial charge in [0.1, 0.15) is 11.6 Å². The van der Waals surface area contributed by atoms with Crippen LogP contribution < -0.4 is 4.90 Å². The van der Waals surface area contributed by atoms with Crippen molar-refractivity contribution in [2.45, 2.75) is 6.92 Å². The Labute approximate surface area is 122 Å². The summed E-state index contributed by atoms with van der Waals surface area (Å²) in [5, 5.41) is 8.61. The zero-order valence-electron chi connectivity index (χ0n) is 11.7. The largest absolute Gasteiger partial charge is 0.478 e. The molecule has 0 aliphatic carbocycles. The van der Waals surface area contributed by atoms with Gasteiger partial charge in [0.25, 0.3) is 0 Å². The standard InChI is InChI=1S/C16H15FN2O2/c1-11-9-12(7-8-15(20)21)10-18-16(11)19(2)14-6-4-3-5-13(14)17/h3-10H,1-2H3,(H,20,21)/b8-7+. The van der Waals surface area contributed by atoms with Crippen molar-refractivity contribution in [3.63, 3.8) is 0 Å². The van der Waals surface area contributed by atoms with Gasteiger partial charge in [-0.25, -0.2) is 14.2 Å². The molecule has 0 atom stereocenters. The van der Waals surface area contributed by atoms with Crippen molar-refractivity contribution in [1.29, 1.82) is 0 Å². The number of para-hydroxylation sites is 1. The third-order valence-electron chi connectivity index (χ3n) is 3.02. The summed E-state index contributed by atoms with van der Waals surface area (Å²) in [4.78, 5) is 16.4. The normalized spacial score (nSPS) is 10.8. The number of halogens is 1. The van der Waals surface area contributed by atoms with E-state index in [0.717, 1.165) is 11.6 Å². The van der Waals surface area contributed by atoms with Crippen LogP contribution >= 0.6 is 0 Å². The number of carboxylic acid groups (broad SMARTS) is 1. The number of benzene rings is 1. The zero-order chi connectivity index (χ0) is 15.4. The number of hydrogen-bond acceptors (Lipinski definition) is 3. The summed E-state index contributed by atoms with van der Waals surface area (Å²) in [5.74, 6) is -0.719. The Kier molecular flexibility index (Phi) is 4.33. The fourth-order valence-corrected chi connectivity index (χ4v) is 2.04. The third-order valence-corrected chi connectivity index (χ3v) is 3.02. The molecule has 0 aliphatic rings. The van der Waals surface area contributed by atoms with Gasteiger partial charge in [-0.2, -0.15) is 0 Å². The Bertz CT molecular complexity index is 698. The second-order valence-electron chi connectivity index (χ2n) is 4.59. The average Bonchev–Trinajstić information content (AvgIpc) is 2.45. The van der Waals surface area contributed by atoms with Crippen molar-refractivity contribution in [3.8, 4) is 0 Å². The fourth-order valence-electron chi connectivity index (χ4n) is 2.04. The van der Waals surface area contributed by atoms with Gasteiger partial charge in [0.15, 0.2) is 0 Å². The summed E-state index contributed by atoms with van der Waals surface area (Å²) in [6, 6.07) is 8.26. The molecule has 0 amide bonds. The maximum Gasteiger partial charge on any atom is 0.328 e. The lowest BCUT2D eigenvalue weighted by Crippen LogP contribution is -2.14. The van der Waals surface area contributed by atoms with E-state index in [9.17, 15) is 9.18 Å². The van der Waals surface area contributed by atoms with Crippen LogP contribution in [0.1, 0.15) is 11.1 Å². The van der Waals surface area contributed by atoms with E-state index in [-0.39, 0.29) is 5.82 Å². The fraction of sp³-hybridized carbons (Fsp3) is 0.125. The van der Waals surface area contributed by atoms with Crippen LogP contribution in [0.2, 0.25) is 0 Å². The SMILES string of the molecule is Cc1cc(/C=C/C(=O)O)cnc1N(C)c1ccccc1F. The van der Waals surface area contributed by atoms with Crippen LogP contribution in [-0.4, -0.2) is 23.1 Å². The average molecular weight is 286 g/mol. The molecule has 2 rings (SSSR count). The van der Waals surface area contributed by atoms with Gasteiger partial charge in [-0.1, -0.05) is 12.1 Å². The number of nitrogens with zero attached hydrogens (tertiary/aromatic N) is 2. The van der Waals surface area contributed by atoms with Crippen LogP contribution in [-0.2, 0) is 4.79 Å². The first-order valence-electron chi connectivity index (χ1n) is 6.35. The highest BCUT2D eigenvalue weighted by atomic mass is 19.1. The molecule has 0 unspecified atom stereocenters. The van der Waals surface area contributed by atoms with E-state index in [0.29, 0.717) is 17.1 Å². The summed E-state index contributed by atoms with van der Waals surface area (Å²) in [6.45, 7) is 1.85. The van der Waals surface area contributed by atoms with Crippen LogP contribution in [0.15, 0.2) is 42.6 Å². The van der Waals surface area contributed by atoms with E-state index in [1.165, 1.54) is 12.1 Å². The van der Waals surface area contributed by atoms with Crippen LogP contribution in [0.4, 0.5) is 15.9 Å². The molecule has 0 saturated heterocycles. The number of anilines is 2. The molecule has 0 fully saturated rings. The monoisotopic (exact) mass is 286 g/mol. The van der Waals surface area contributed by atoms with Crippen molar-refractivity contribution in [2.75, 3.05) is 11.9 Å². The molecular weight excluding hydrogens is 271 g/mol. The highest BCUT2D eigenvalue weighted by molar-refractivity contribution is 5.85. The predicted octanol–water partition coefficient (Wildman–Crippen LogP) is 3.39. The Morgan fingerprint density at radius 2 is 2.10 bits per heavy atom. The molecule has 1 aromatic heterocycles. The summed E-state index contributed by atoms with van der Waals surface area (Å²) in [5.41, 5.74) is 1.94. The van der Waals surface area contributed by atoms with Gasteiger partial charge in [-0.15, -0.1) is 0 Å². The number of aromatic nitrogens is 1. The molecule has 108 valence electrons. The van der Waals surface area contributed by atoms with Gasteiger partial charge in [0.2, 0.25) is 0 Å². The third kappa shape index (κ3) is 3.45. The van der Waals surface area contributed by atoms with Gasteiger partial charge in [-0.05, 0) is 42.3 Å². The molecule has 2 aromatic rings. The van der Waals surface area contributed by atoms with Gasteiger partial charge >= 0.3 is 5.97 Å². The molecule has 1 aromatic carbocycles. The molecule has 1 heterocycles. The highest BCUT2D eigenvalue weighted by Gasteiger charge is 2.12. The second kappa shape index (κ2) is 6.17. The minimum atomic E-state index is -1.01. The number of pyridine rings is 1. The van der Waals surface area contributed by atoms with Crippen LogP contribution in [0.5, 0.6) is 0 Å². The Morgan fingerprint density at radius 3 is 2.71 bits per heavy atom. The van der Waals surface area contributed by atoms with E-state index in [1.807, 2.05) is 6.92 Å². The molecule has 0 saturated carbocycles. The molecular formula is C16H15FN2O2. The van der Waals surface area contributed by atoms with Gasteiger partial charge < -0.3 is 10.0 Å². The lowest BCUT2D eigenvalue weighted by molar-refractivity contribution is -0.131. The number of carboxylic acids is 1. The van der Waals surface area contributed by atoms with Crippen LogP contribution in [0.25, 0.3) is 6.08 Å². The molecule has 0 radical (unpaired) electrons. The van der Waals surface area contributed by atoms with Gasteiger partial charge in [0.05, 0.1) is 5.69 Å². The molecule has 0 bridgehead atoms. The Hall–Kier alpha value is -2.69. The number of rotatable bonds is 4. The first-order valence-corrected chi connectivity index (χ1v) is 6.35. The Morgan fingerprint density at radius 1 is 1.38 bits per heavy atom. The van der Waals surface area contributed by atoms with Crippen molar-refractivity contribution >= 4 is 23.6 Å². The maximum absolute atomic E-state index is 13.8. The smallest absolute Gasteiger partial charge is 0.328 e. The van der Waals surface area contributed by atoms with Gasteiger partial charge in [0, 0.05) is 19.3 Å². The minimum absolute atomic E-state index is 0.323. The molecule has 0 aliphatic heterocycles. The van der Waals surface area contributed by atoms with Crippen molar-refractivity contribution in [1.82, 2.24) is 4.98 Å². The molecule has 21 heavy (non-hydrogen) atoms. The summed E-state index contributed by atoms with van der Waals surface area (Å²) in [6.07, 6.45) is 4.07. The van der Waals surface area contributed by atoms with Gasteiger partial charge in [-0.3, -0.25) is 0 Å². The molecule has 5 heteroatoms. The number of aryl methyl sites for hydroxylation is 1. The minimum Gasteiger partial charge on any atom is -0.478 e. The molecule has 4 nitrogen and oxygen atoms in total. The first kappa shape index (κ1) is 14.7. The second-order valence-corrected chi connectivity index (χ2v) is 4.59. The van der Waals surface area contributed by atoms with E-state index in [4.69, 9.17) is 5.11 Å². The zero-order valence-corrected chi connectivity index (χ0v) is 11.7. The number of carbonyl (C=O) groups is 1. The van der Waals surface area contributed by atoms with E-state index in [2.05, 4.69) is 4.98 Å². The lowest BCUT2D eigenvalue weighted by atomic mass is 10.1. The van der Waals surface area contributed by atoms with E-state index < -0.39 is 5.97 Å². The maximum atomic E-state index is 13.8. The predicted molar refractivity (Wildman–Crippen MR) is 80.1 cm³/mol. The Balaban J connectivity index is 2.33. The van der Waals surface area contributed by atoms with Crippen molar-refractivity contribution < 1.29 is 14.3 Å². The van der Waals surface area contributed by atoms with Crippen molar-refractivity contribution in [3.05, 3.63) is 59.5 Å². The number of hydrogen-bond donors (Lipinski definition) is 1. The first-order chi connectivity index (χ1) is 9.99. The molecule has 0 spiro atoms. The summed E-state index contributed by atoms with van der Waals surface area (Å²) < 4.78 is 13.8. The topological polar surface area (TPSA) is 53.4 Å². The van der Waals surface area contributed by atoms with Crippen LogP contribution in [0.3, 0.4) is 0 Å². The van der Waals surface area contributed by atoms with Crippen molar-refractivity contribution in [2.24, 2.45) is 0 Å². The lowest BCUT2D eigenvalue weighted by Gasteiger charge is -2.21. The van der Waals surface area contributed by atoms with E-state index in [1.54, 1.807) is 42.4 Å². The van der Waals surface area contributed by atoms with Crippen LogP contribution in [0, 0.1) is 12.7 Å². The highest BCUT2D eigenvalue weighted by Crippen LogP contribution is 2.27. The summed E-state index contributed by atoms with van der Waals surface area (Å²) in [7, 11) is 1.74. The quantitative estimate of drug-likeness (QED) is 0.875.